The lowest BCUT2D eigenvalue weighted by Gasteiger charge is -2.24. The molecule has 12 nitrogen and oxygen atoms in total. The summed E-state index contributed by atoms with van der Waals surface area (Å²) in [6.45, 7) is 6.28. The molecule has 0 radical (unpaired) electrons. The van der Waals surface area contributed by atoms with E-state index < -0.39 is 36.4 Å². The van der Waals surface area contributed by atoms with Gasteiger partial charge in [0.2, 0.25) is 0 Å². The summed E-state index contributed by atoms with van der Waals surface area (Å²) in [6, 6.07) is 6.25. The molecule has 45 heavy (non-hydrogen) atoms. The molecule has 0 bridgehead atoms. The summed E-state index contributed by atoms with van der Waals surface area (Å²) in [6.07, 6.45) is -9.58. The third-order valence-corrected chi connectivity index (χ3v) is 5.03. The van der Waals surface area contributed by atoms with Crippen molar-refractivity contribution in [3.05, 3.63) is 48.0 Å². The van der Waals surface area contributed by atoms with Crippen LogP contribution in [-0.2, 0) is 38.8 Å². The lowest BCUT2D eigenvalue weighted by molar-refractivity contribution is -0.193. The number of hydrogen-bond donors (Lipinski definition) is 3. The van der Waals surface area contributed by atoms with Crippen LogP contribution in [0.2, 0.25) is 0 Å². The molecule has 1 aliphatic rings. The number of nitrogens with zero attached hydrogens (tertiary/aromatic N) is 5. The van der Waals surface area contributed by atoms with Crippen LogP contribution in [0.1, 0.15) is 11.3 Å². The van der Waals surface area contributed by atoms with E-state index in [0.717, 1.165) is 45.9 Å². The van der Waals surface area contributed by atoms with E-state index in [1.54, 1.807) is 0 Å². The van der Waals surface area contributed by atoms with Gasteiger partial charge in [0, 0.05) is 57.2 Å². The van der Waals surface area contributed by atoms with Crippen molar-refractivity contribution in [2.75, 3.05) is 40.4 Å². The Morgan fingerprint density at radius 1 is 0.889 bits per heavy atom. The second-order valence-electron chi connectivity index (χ2n) is 9.19. The van der Waals surface area contributed by atoms with Gasteiger partial charge < -0.3 is 25.0 Å². The smallest absolute Gasteiger partial charge is 0.475 e. The maximum atomic E-state index is 10.6. The topological polar surface area (TPSA) is 158 Å². The fraction of sp³-hybridized carbons (Fsp3) is 0.542. The van der Waals surface area contributed by atoms with Gasteiger partial charge >= 0.3 is 36.4 Å². The average Bonchev–Trinajstić information content (AvgIpc) is 3.25. The van der Waals surface area contributed by atoms with Crippen LogP contribution >= 0.6 is 0 Å². The molecule has 0 amide bonds. The van der Waals surface area contributed by atoms with E-state index in [-0.39, 0.29) is 0 Å². The summed E-state index contributed by atoms with van der Waals surface area (Å²) < 4.78 is 103. The summed E-state index contributed by atoms with van der Waals surface area (Å²) in [7, 11) is 4.14. The number of ether oxygens (including phenoxy) is 1. The van der Waals surface area contributed by atoms with Gasteiger partial charge in [-0.25, -0.2) is 14.4 Å². The molecule has 1 aliphatic heterocycles. The Morgan fingerprint density at radius 3 is 1.82 bits per heavy atom. The summed E-state index contributed by atoms with van der Waals surface area (Å²) in [5.41, 5.74) is 2.52. The van der Waals surface area contributed by atoms with E-state index in [1.807, 2.05) is 24.7 Å². The number of likely N-dealkylation sites (N-methyl/N-ethyl adjacent to an activating group) is 1. The third-order valence-electron chi connectivity index (χ3n) is 5.03. The molecule has 1 unspecified atom stereocenters. The number of carboxylic acids is 3. The average molecular weight is 672 g/mol. The van der Waals surface area contributed by atoms with Gasteiger partial charge in [-0.15, -0.1) is 0 Å². The molecule has 256 valence electrons. The van der Waals surface area contributed by atoms with Gasteiger partial charge in [0.25, 0.3) is 0 Å². The highest BCUT2D eigenvalue weighted by atomic mass is 19.4. The number of hydrogen-bond acceptors (Lipinski definition) is 8. The number of halogens is 9. The first kappa shape index (κ1) is 41.0. The van der Waals surface area contributed by atoms with Crippen LogP contribution < -0.4 is 0 Å². The molecule has 3 heterocycles. The zero-order valence-electron chi connectivity index (χ0n) is 23.6. The van der Waals surface area contributed by atoms with Gasteiger partial charge in [0.1, 0.15) is 0 Å². The van der Waals surface area contributed by atoms with E-state index in [4.69, 9.17) is 34.4 Å². The Morgan fingerprint density at radius 2 is 1.40 bits per heavy atom. The van der Waals surface area contributed by atoms with Gasteiger partial charge in [-0.2, -0.15) is 44.6 Å². The number of carbonyl (C=O) groups is 3. The molecule has 0 saturated heterocycles. The zero-order valence-corrected chi connectivity index (χ0v) is 23.6. The molecule has 21 heteroatoms. The van der Waals surface area contributed by atoms with Crippen molar-refractivity contribution >= 4 is 17.9 Å². The third kappa shape index (κ3) is 19.1. The Hall–Kier alpha value is -3.98. The second-order valence-corrected chi connectivity index (χ2v) is 9.19. The zero-order chi connectivity index (χ0) is 35.0. The lowest BCUT2D eigenvalue weighted by Crippen LogP contribution is -2.30. The maximum absolute atomic E-state index is 10.6. The Bertz CT molecular complexity index is 1120. The minimum absolute atomic E-state index is 0.449. The van der Waals surface area contributed by atoms with Crippen molar-refractivity contribution in [2.24, 2.45) is 5.92 Å². The van der Waals surface area contributed by atoms with Gasteiger partial charge in [-0.1, -0.05) is 6.07 Å². The molecule has 2 aromatic heterocycles. The summed E-state index contributed by atoms with van der Waals surface area (Å²) >= 11 is 0. The maximum Gasteiger partial charge on any atom is 0.490 e. The lowest BCUT2D eigenvalue weighted by atomic mass is 10.1. The number of fused-ring (bicyclic) bond motifs is 1. The van der Waals surface area contributed by atoms with Crippen molar-refractivity contribution in [1.29, 1.82) is 0 Å². The number of aromatic nitrogens is 3. The number of alkyl halides is 9. The van der Waals surface area contributed by atoms with Gasteiger partial charge in [-0.3, -0.25) is 14.6 Å². The second kappa shape index (κ2) is 18.7. The molecule has 1 atom stereocenters. The van der Waals surface area contributed by atoms with Gasteiger partial charge in [0.05, 0.1) is 18.9 Å². The fourth-order valence-corrected chi connectivity index (χ4v) is 3.09. The molecular weight excluding hydrogens is 641 g/mol. The summed E-state index contributed by atoms with van der Waals surface area (Å²) in [4.78, 5) is 35.5. The van der Waals surface area contributed by atoms with E-state index in [9.17, 15) is 39.5 Å². The van der Waals surface area contributed by atoms with Crippen molar-refractivity contribution in [3.63, 3.8) is 0 Å². The predicted octanol–water partition coefficient (Wildman–Crippen LogP) is 3.39. The molecular formula is C24H30F9N5O7. The van der Waals surface area contributed by atoms with E-state index in [2.05, 4.69) is 50.8 Å². The number of pyridine rings is 1. The van der Waals surface area contributed by atoms with Crippen LogP contribution in [0.3, 0.4) is 0 Å². The largest absolute Gasteiger partial charge is 0.490 e. The van der Waals surface area contributed by atoms with Crippen LogP contribution in [0.5, 0.6) is 0 Å². The van der Waals surface area contributed by atoms with E-state index in [0.29, 0.717) is 5.92 Å². The number of rotatable bonds is 7. The quantitative estimate of drug-likeness (QED) is 0.293. The van der Waals surface area contributed by atoms with Crippen molar-refractivity contribution in [2.45, 2.75) is 38.2 Å². The molecule has 0 saturated carbocycles. The Labute approximate surface area is 249 Å². The minimum atomic E-state index is -5.08. The molecule has 0 aliphatic carbocycles. The Balaban J connectivity index is 0.000000753. The summed E-state index contributed by atoms with van der Waals surface area (Å²) in [5.74, 6) is -7.82. The standard InChI is InChI=1S/C18H27N5O.3C2HF3O2/c1-21(2)8-9-24-15-17-12-22(11-16-4-3-6-19-10-16)14-18-5-7-20-23(18)13-17;3*3-2(4,5)1(6)7/h3-7,10,17H,8-9,11-15H2,1-2H3;3*(H,6,7). The highest BCUT2D eigenvalue weighted by Crippen LogP contribution is 2.18. The minimum Gasteiger partial charge on any atom is -0.475 e. The monoisotopic (exact) mass is 671 g/mol. The van der Waals surface area contributed by atoms with Crippen LogP contribution in [0.25, 0.3) is 0 Å². The van der Waals surface area contributed by atoms with Crippen molar-refractivity contribution < 1.29 is 74.0 Å². The summed E-state index contributed by atoms with van der Waals surface area (Å²) in [5, 5.41) is 25.9. The molecule has 3 N–H and O–H groups in total. The van der Waals surface area contributed by atoms with E-state index >= 15 is 0 Å². The van der Waals surface area contributed by atoms with Crippen molar-refractivity contribution in [3.8, 4) is 0 Å². The van der Waals surface area contributed by atoms with Crippen molar-refractivity contribution in [1.82, 2.24) is 24.6 Å². The molecule has 0 aromatic carbocycles. The number of aliphatic carboxylic acids is 3. The number of carboxylic acid groups (broad SMARTS) is 3. The molecule has 2 aromatic rings. The molecule has 3 rings (SSSR count). The molecule has 0 fully saturated rings. The SMILES string of the molecule is CN(C)CCOCC1CN(Cc2cccnc2)Cc2ccnn2C1.O=C(O)C(F)(F)F.O=C(O)C(F)(F)F.O=C(O)C(F)(F)F. The first-order valence-electron chi connectivity index (χ1n) is 12.3. The highest BCUT2D eigenvalue weighted by Gasteiger charge is 2.39. The first-order chi connectivity index (χ1) is 20.5. The molecule has 0 spiro atoms. The highest BCUT2D eigenvalue weighted by molar-refractivity contribution is 5.73. The van der Waals surface area contributed by atoms with Gasteiger partial charge in [-0.05, 0) is 31.8 Å². The normalized spacial score (nSPS) is 15.2. The van der Waals surface area contributed by atoms with Crippen LogP contribution in [0.4, 0.5) is 39.5 Å². The van der Waals surface area contributed by atoms with Crippen LogP contribution in [0.15, 0.2) is 36.8 Å². The van der Waals surface area contributed by atoms with E-state index in [1.165, 1.54) is 11.3 Å². The fourth-order valence-electron chi connectivity index (χ4n) is 3.09. The van der Waals surface area contributed by atoms with Crippen LogP contribution in [0, 0.1) is 5.92 Å². The predicted molar refractivity (Wildman–Crippen MR) is 135 cm³/mol. The van der Waals surface area contributed by atoms with Crippen LogP contribution in [-0.4, -0.2) is 117 Å². The first-order valence-corrected chi connectivity index (χ1v) is 12.3. The Kier molecular flexibility index (Phi) is 17.1. The van der Waals surface area contributed by atoms with Gasteiger partial charge in [0.15, 0.2) is 0 Å².